The Morgan fingerprint density at radius 3 is 2.41 bits per heavy atom. The molecule has 1 aromatic carbocycles. The number of hydrogen-bond donors (Lipinski definition) is 2. The fourth-order valence-electron chi connectivity index (χ4n) is 1.42. The van der Waals surface area contributed by atoms with E-state index in [1.807, 2.05) is 0 Å². The zero-order valence-electron chi connectivity index (χ0n) is 10.9. The van der Waals surface area contributed by atoms with Gasteiger partial charge in [0, 0.05) is 0 Å². The lowest BCUT2D eigenvalue weighted by Crippen LogP contribution is -2.09. The SMILES string of the molecule is COC(=O)c1c(O)c(NC(C#N)=C(C#N)C#N)cc(Br)c1F. The number of phenolic OH excluding ortho intramolecular Hbond substituents is 1. The number of halogens is 2. The molecule has 9 heteroatoms. The van der Waals surface area contributed by atoms with Crippen molar-refractivity contribution in [2.45, 2.75) is 0 Å². The molecule has 2 N–H and O–H groups in total. The summed E-state index contributed by atoms with van der Waals surface area (Å²) in [4.78, 5) is 11.5. The van der Waals surface area contributed by atoms with E-state index in [1.54, 1.807) is 6.07 Å². The summed E-state index contributed by atoms with van der Waals surface area (Å²) < 4.78 is 18.0. The van der Waals surface area contributed by atoms with E-state index in [0.717, 1.165) is 13.2 Å². The minimum atomic E-state index is -1.14. The van der Waals surface area contributed by atoms with Gasteiger partial charge in [0.25, 0.3) is 0 Å². The van der Waals surface area contributed by atoms with Crippen LogP contribution in [0.25, 0.3) is 0 Å². The Hall–Kier alpha value is -3.09. The second-order valence-electron chi connectivity index (χ2n) is 3.65. The minimum Gasteiger partial charge on any atom is -0.505 e. The average molecular weight is 365 g/mol. The molecule has 0 aliphatic carbocycles. The molecule has 0 saturated heterocycles. The van der Waals surface area contributed by atoms with Crippen LogP contribution in [0.1, 0.15) is 10.4 Å². The molecule has 0 atom stereocenters. The van der Waals surface area contributed by atoms with Gasteiger partial charge < -0.3 is 15.2 Å². The normalized spacial score (nSPS) is 8.91. The van der Waals surface area contributed by atoms with Gasteiger partial charge in [0.15, 0.2) is 17.1 Å². The lowest BCUT2D eigenvalue weighted by atomic mass is 10.1. The van der Waals surface area contributed by atoms with Crippen LogP contribution in [0, 0.1) is 39.8 Å². The lowest BCUT2D eigenvalue weighted by Gasteiger charge is -2.12. The van der Waals surface area contributed by atoms with Crippen LogP contribution < -0.4 is 5.32 Å². The van der Waals surface area contributed by atoms with Crippen molar-refractivity contribution in [1.82, 2.24) is 0 Å². The number of nitrogens with zero attached hydrogens (tertiary/aromatic N) is 3. The predicted molar refractivity (Wildman–Crippen MR) is 74.6 cm³/mol. The third-order valence-corrected chi connectivity index (χ3v) is 3.00. The summed E-state index contributed by atoms with van der Waals surface area (Å²) in [7, 11) is 0.999. The monoisotopic (exact) mass is 364 g/mol. The van der Waals surface area contributed by atoms with Crippen LogP contribution in [0.15, 0.2) is 21.8 Å². The molecule has 7 nitrogen and oxygen atoms in total. The Labute approximate surface area is 132 Å². The van der Waals surface area contributed by atoms with Gasteiger partial charge in [0.2, 0.25) is 0 Å². The first-order valence-electron chi connectivity index (χ1n) is 5.42. The number of aromatic hydroxyl groups is 1. The van der Waals surface area contributed by atoms with Crippen molar-refractivity contribution < 1.29 is 19.0 Å². The van der Waals surface area contributed by atoms with Gasteiger partial charge >= 0.3 is 5.97 Å². The molecule has 0 fully saturated rings. The molecular formula is C13H6BrFN4O3. The Morgan fingerprint density at radius 2 is 1.95 bits per heavy atom. The standard InChI is InChI=1S/C13H6BrFN4O3/c1-22-13(21)10-11(15)7(14)2-8(12(10)20)19-9(5-18)6(3-16)4-17/h2,19-20H,1H3. The van der Waals surface area contributed by atoms with Crippen LogP contribution in [0.5, 0.6) is 5.75 Å². The molecule has 0 saturated carbocycles. The minimum absolute atomic E-state index is 0.194. The highest BCUT2D eigenvalue weighted by molar-refractivity contribution is 9.10. The van der Waals surface area contributed by atoms with Crippen LogP contribution >= 0.6 is 15.9 Å². The van der Waals surface area contributed by atoms with Crippen LogP contribution in [0.3, 0.4) is 0 Å². The molecule has 0 amide bonds. The van der Waals surface area contributed by atoms with E-state index >= 15 is 0 Å². The number of allylic oxidation sites excluding steroid dienone is 2. The summed E-state index contributed by atoms with van der Waals surface area (Å²) in [6.45, 7) is 0. The van der Waals surface area contributed by atoms with Gasteiger partial charge in [-0.05, 0) is 22.0 Å². The van der Waals surface area contributed by atoms with Crippen molar-refractivity contribution in [1.29, 1.82) is 15.8 Å². The van der Waals surface area contributed by atoms with Crippen LogP contribution in [-0.4, -0.2) is 18.2 Å². The molecule has 0 aliphatic heterocycles. The smallest absolute Gasteiger partial charge is 0.344 e. The topological polar surface area (TPSA) is 130 Å². The first-order valence-corrected chi connectivity index (χ1v) is 6.21. The number of ether oxygens (including phenoxy) is 1. The second-order valence-corrected chi connectivity index (χ2v) is 4.50. The first kappa shape index (κ1) is 17.0. The van der Waals surface area contributed by atoms with Crippen molar-refractivity contribution >= 4 is 27.6 Å². The maximum Gasteiger partial charge on any atom is 0.344 e. The Balaban J connectivity index is 3.53. The Morgan fingerprint density at radius 1 is 1.36 bits per heavy atom. The number of hydrogen-bond acceptors (Lipinski definition) is 7. The molecule has 22 heavy (non-hydrogen) atoms. The van der Waals surface area contributed by atoms with Crippen molar-refractivity contribution in [2.75, 3.05) is 12.4 Å². The maximum absolute atomic E-state index is 13.9. The molecule has 0 aromatic heterocycles. The average Bonchev–Trinajstić information content (AvgIpc) is 2.52. The van der Waals surface area contributed by atoms with E-state index in [2.05, 4.69) is 26.0 Å². The van der Waals surface area contributed by atoms with E-state index in [4.69, 9.17) is 15.8 Å². The van der Waals surface area contributed by atoms with Crippen LogP contribution in [0.2, 0.25) is 0 Å². The molecule has 1 rings (SSSR count). The molecular weight excluding hydrogens is 359 g/mol. The quantitative estimate of drug-likeness (QED) is 0.478. The molecule has 0 spiro atoms. The first-order chi connectivity index (χ1) is 10.4. The maximum atomic E-state index is 13.9. The number of nitriles is 3. The fraction of sp³-hybridized carbons (Fsp3) is 0.0769. The lowest BCUT2D eigenvalue weighted by molar-refractivity contribution is 0.0592. The molecule has 0 unspecified atom stereocenters. The van der Waals surface area contributed by atoms with Gasteiger partial charge in [0.1, 0.15) is 29.5 Å². The van der Waals surface area contributed by atoms with Gasteiger partial charge in [-0.1, -0.05) is 0 Å². The number of rotatable bonds is 3. The Kier molecular flexibility index (Phi) is 5.45. The van der Waals surface area contributed by atoms with E-state index in [0.29, 0.717) is 0 Å². The number of anilines is 1. The summed E-state index contributed by atoms with van der Waals surface area (Å²) in [5.74, 6) is -3.02. The summed E-state index contributed by atoms with van der Waals surface area (Å²) in [5.41, 5.74) is -2.02. The number of phenols is 1. The van der Waals surface area contributed by atoms with Gasteiger partial charge in [-0.3, -0.25) is 0 Å². The number of nitrogens with one attached hydrogen (secondary N) is 1. The molecule has 0 aliphatic rings. The second kappa shape index (κ2) is 7.07. The molecule has 0 bridgehead atoms. The molecule has 0 radical (unpaired) electrons. The summed E-state index contributed by atoms with van der Waals surface area (Å²) in [5, 5.41) is 38.6. The summed E-state index contributed by atoms with van der Waals surface area (Å²) >= 11 is 2.85. The zero-order valence-corrected chi connectivity index (χ0v) is 12.5. The highest BCUT2D eigenvalue weighted by Gasteiger charge is 2.24. The Bertz CT molecular complexity index is 783. The van der Waals surface area contributed by atoms with Gasteiger partial charge in [-0.2, -0.15) is 15.8 Å². The number of benzene rings is 1. The third-order valence-electron chi connectivity index (χ3n) is 2.43. The van der Waals surface area contributed by atoms with Crippen molar-refractivity contribution in [3.63, 3.8) is 0 Å². The number of carbonyl (C=O) groups excluding carboxylic acids is 1. The van der Waals surface area contributed by atoms with E-state index in [1.165, 1.54) is 12.1 Å². The van der Waals surface area contributed by atoms with Crippen molar-refractivity contribution in [3.8, 4) is 24.0 Å². The van der Waals surface area contributed by atoms with Crippen LogP contribution in [0.4, 0.5) is 10.1 Å². The van der Waals surface area contributed by atoms with E-state index < -0.39 is 34.4 Å². The number of carbonyl (C=O) groups is 1. The van der Waals surface area contributed by atoms with E-state index in [9.17, 15) is 14.3 Å². The zero-order chi connectivity index (χ0) is 16.9. The summed E-state index contributed by atoms with van der Waals surface area (Å²) in [6, 6.07) is 5.59. The highest BCUT2D eigenvalue weighted by atomic mass is 79.9. The van der Waals surface area contributed by atoms with Crippen molar-refractivity contribution in [3.05, 3.63) is 33.2 Å². The fourth-order valence-corrected chi connectivity index (χ4v) is 1.85. The number of esters is 1. The largest absolute Gasteiger partial charge is 0.505 e. The van der Waals surface area contributed by atoms with Crippen molar-refractivity contribution in [2.24, 2.45) is 0 Å². The van der Waals surface area contributed by atoms with Crippen LogP contribution in [-0.2, 0) is 4.74 Å². The van der Waals surface area contributed by atoms with Gasteiger partial charge in [-0.15, -0.1) is 0 Å². The number of methoxy groups -OCH3 is 1. The van der Waals surface area contributed by atoms with Gasteiger partial charge in [0.05, 0.1) is 17.3 Å². The van der Waals surface area contributed by atoms with E-state index in [-0.39, 0.29) is 10.2 Å². The third kappa shape index (κ3) is 3.14. The molecule has 0 heterocycles. The molecule has 1 aromatic rings. The molecule has 110 valence electrons. The van der Waals surface area contributed by atoms with Gasteiger partial charge in [-0.25, -0.2) is 9.18 Å². The highest BCUT2D eigenvalue weighted by Crippen LogP contribution is 2.36. The predicted octanol–water partition coefficient (Wildman–Crippen LogP) is 2.32. The summed E-state index contributed by atoms with van der Waals surface area (Å²) in [6.07, 6.45) is 0.